The minimum absolute atomic E-state index is 0.181. The Morgan fingerprint density at radius 3 is 2.70 bits per heavy atom. The van der Waals surface area contributed by atoms with Crippen LogP contribution < -0.4 is 10.5 Å². The number of anilines is 1. The number of hydrogen-bond donors (Lipinski definition) is 2. The van der Waals surface area contributed by atoms with Gasteiger partial charge < -0.3 is 20.3 Å². The maximum atomic E-state index is 11.3. The van der Waals surface area contributed by atoms with Crippen molar-refractivity contribution in [1.29, 1.82) is 0 Å². The molecular weight excluding hydrogens is 258 g/mol. The van der Waals surface area contributed by atoms with Crippen LogP contribution in [-0.4, -0.2) is 18.2 Å². The van der Waals surface area contributed by atoms with Crippen molar-refractivity contribution in [2.24, 2.45) is 0 Å². The van der Waals surface area contributed by atoms with E-state index in [0.29, 0.717) is 17.0 Å². The van der Waals surface area contributed by atoms with Gasteiger partial charge in [-0.15, -0.1) is 0 Å². The Hall–Kier alpha value is -2.69. The molecule has 0 saturated carbocycles. The molecule has 0 amide bonds. The molecule has 0 aromatic heterocycles. The van der Waals surface area contributed by atoms with Crippen molar-refractivity contribution in [3.63, 3.8) is 0 Å². The zero-order valence-electron chi connectivity index (χ0n) is 11.0. The van der Waals surface area contributed by atoms with Crippen LogP contribution in [0.25, 0.3) is 0 Å². The highest BCUT2D eigenvalue weighted by Gasteiger charge is 2.09. The number of carbonyl (C=O) groups excluding carboxylic acids is 1. The molecule has 0 aliphatic heterocycles. The second-order valence-corrected chi connectivity index (χ2v) is 4.20. The summed E-state index contributed by atoms with van der Waals surface area (Å²) in [4.78, 5) is 11.3. The summed E-state index contributed by atoms with van der Waals surface area (Å²) in [7, 11) is 1.31. The van der Waals surface area contributed by atoms with Crippen molar-refractivity contribution in [1.82, 2.24) is 0 Å². The highest BCUT2D eigenvalue weighted by molar-refractivity contribution is 5.90. The molecule has 3 N–H and O–H groups in total. The lowest BCUT2D eigenvalue weighted by Gasteiger charge is -2.10. The van der Waals surface area contributed by atoms with Crippen LogP contribution in [-0.2, 0) is 11.3 Å². The Labute approximate surface area is 116 Å². The molecule has 0 spiro atoms. The van der Waals surface area contributed by atoms with E-state index < -0.39 is 5.97 Å². The lowest BCUT2D eigenvalue weighted by molar-refractivity contribution is 0.0600. The van der Waals surface area contributed by atoms with Gasteiger partial charge in [-0.05, 0) is 35.9 Å². The minimum Gasteiger partial charge on any atom is -0.508 e. The summed E-state index contributed by atoms with van der Waals surface area (Å²) >= 11 is 0. The van der Waals surface area contributed by atoms with Crippen LogP contribution in [0.3, 0.4) is 0 Å². The summed E-state index contributed by atoms with van der Waals surface area (Å²) in [6.45, 7) is 0.274. The first-order valence-electron chi connectivity index (χ1n) is 5.98. The maximum Gasteiger partial charge on any atom is 0.337 e. The van der Waals surface area contributed by atoms with Gasteiger partial charge in [-0.25, -0.2) is 4.79 Å². The highest BCUT2D eigenvalue weighted by Crippen LogP contribution is 2.24. The van der Waals surface area contributed by atoms with Gasteiger partial charge in [0.2, 0.25) is 0 Å². The Bertz CT molecular complexity index is 625. The number of phenols is 1. The summed E-state index contributed by atoms with van der Waals surface area (Å²) in [6, 6.07) is 11.5. The van der Waals surface area contributed by atoms with Gasteiger partial charge >= 0.3 is 5.97 Å². The summed E-state index contributed by atoms with van der Waals surface area (Å²) in [5.74, 6) is 0.206. The predicted molar refractivity (Wildman–Crippen MR) is 74.6 cm³/mol. The monoisotopic (exact) mass is 273 g/mol. The molecule has 2 aromatic carbocycles. The van der Waals surface area contributed by atoms with E-state index in [0.717, 1.165) is 5.56 Å². The third-order valence-electron chi connectivity index (χ3n) is 2.74. The molecule has 0 unspecified atom stereocenters. The van der Waals surface area contributed by atoms with E-state index >= 15 is 0 Å². The molecule has 5 heteroatoms. The number of ether oxygens (including phenoxy) is 2. The van der Waals surface area contributed by atoms with E-state index in [-0.39, 0.29) is 12.4 Å². The number of aromatic hydroxyl groups is 1. The summed E-state index contributed by atoms with van der Waals surface area (Å²) < 4.78 is 10.2. The van der Waals surface area contributed by atoms with E-state index in [1.807, 2.05) is 6.07 Å². The SMILES string of the molecule is COC(=O)c1ccc(OCc2cccc(O)c2)c(N)c1. The first kappa shape index (κ1) is 13.7. The highest BCUT2D eigenvalue weighted by atomic mass is 16.5. The maximum absolute atomic E-state index is 11.3. The Morgan fingerprint density at radius 1 is 1.25 bits per heavy atom. The molecule has 104 valence electrons. The van der Waals surface area contributed by atoms with Crippen molar-refractivity contribution in [2.75, 3.05) is 12.8 Å². The van der Waals surface area contributed by atoms with Crippen LogP contribution in [0, 0.1) is 0 Å². The fourth-order valence-corrected chi connectivity index (χ4v) is 1.73. The normalized spacial score (nSPS) is 10.1. The number of phenolic OH excluding ortho intramolecular Hbond substituents is 1. The molecule has 20 heavy (non-hydrogen) atoms. The first-order valence-corrected chi connectivity index (χ1v) is 5.98. The number of rotatable bonds is 4. The van der Waals surface area contributed by atoms with Gasteiger partial charge in [0.1, 0.15) is 18.1 Å². The third kappa shape index (κ3) is 3.20. The zero-order valence-corrected chi connectivity index (χ0v) is 11.0. The number of carbonyl (C=O) groups is 1. The first-order chi connectivity index (χ1) is 9.60. The van der Waals surface area contributed by atoms with Crippen molar-refractivity contribution >= 4 is 11.7 Å². The molecule has 0 heterocycles. The molecule has 0 bridgehead atoms. The van der Waals surface area contributed by atoms with Crippen molar-refractivity contribution in [3.05, 3.63) is 53.6 Å². The number of esters is 1. The fourth-order valence-electron chi connectivity index (χ4n) is 1.73. The van der Waals surface area contributed by atoms with E-state index in [1.54, 1.807) is 30.3 Å². The summed E-state index contributed by atoms with van der Waals surface area (Å²) in [5, 5.41) is 9.36. The standard InChI is InChI=1S/C15H15NO4/c1-19-15(18)11-5-6-14(13(16)8-11)20-9-10-3-2-4-12(17)7-10/h2-8,17H,9,16H2,1H3. The van der Waals surface area contributed by atoms with Crippen LogP contribution in [0.15, 0.2) is 42.5 Å². The average Bonchev–Trinajstić information content (AvgIpc) is 2.45. The van der Waals surface area contributed by atoms with E-state index in [4.69, 9.17) is 10.5 Å². The minimum atomic E-state index is -0.448. The van der Waals surface area contributed by atoms with Gasteiger partial charge in [0.25, 0.3) is 0 Å². The Morgan fingerprint density at radius 2 is 2.05 bits per heavy atom. The van der Waals surface area contributed by atoms with E-state index in [1.165, 1.54) is 13.2 Å². The third-order valence-corrected chi connectivity index (χ3v) is 2.74. The Balaban J connectivity index is 2.08. The van der Waals surface area contributed by atoms with Gasteiger partial charge in [0.15, 0.2) is 0 Å². The van der Waals surface area contributed by atoms with Gasteiger partial charge in [-0.2, -0.15) is 0 Å². The van der Waals surface area contributed by atoms with Crippen LogP contribution in [0.2, 0.25) is 0 Å². The Kier molecular flexibility index (Phi) is 4.10. The number of nitrogen functional groups attached to an aromatic ring is 1. The molecule has 2 rings (SSSR count). The number of methoxy groups -OCH3 is 1. The van der Waals surface area contributed by atoms with Gasteiger partial charge in [0, 0.05) is 0 Å². The van der Waals surface area contributed by atoms with Crippen molar-refractivity contribution in [2.45, 2.75) is 6.61 Å². The molecule has 0 saturated heterocycles. The van der Waals surface area contributed by atoms with E-state index in [9.17, 15) is 9.90 Å². The van der Waals surface area contributed by atoms with Gasteiger partial charge in [0.05, 0.1) is 18.4 Å². The summed E-state index contributed by atoms with van der Waals surface area (Å²) in [5.41, 5.74) is 7.37. The molecular formula is C15H15NO4. The predicted octanol–water partition coefficient (Wildman–Crippen LogP) is 2.34. The van der Waals surface area contributed by atoms with Crippen LogP contribution >= 0.6 is 0 Å². The van der Waals surface area contributed by atoms with Crippen LogP contribution in [0.4, 0.5) is 5.69 Å². The molecule has 0 fully saturated rings. The largest absolute Gasteiger partial charge is 0.508 e. The topological polar surface area (TPSA) is 81.8 Å². The molecule has 0 aliphatic carbocycles. The average molecular weight is 273 g/mol. The number of nitrogens with two attached hydrogens (primary N) is 1. The second kappa shape index (κ2) is 5.97. The molecule has 0 aliphatic rings. The fraction of sp³-hybridized carbons (Fsp3) is 0.133. The lowest BCUT2D eigenvalue weighted by Crippen LogP contribution is -2.04. The smallest absolute Gasteiger partial charge is 0.337 e. The molecule has 0 atom stereocenters. The second-order valence-electron chi connectivity index (χ2n) is 4.20. The van der Waals surface area contributed by atoms with Gasteiger partial charge in [-0.1, -0.05) is 12.1 Å². The molecule has 5 nitrogen and oxygen atoms in total. The molecule has 2 aromatic rings. The zero-order chi connectivity index (χ0) is 14.5. The quantitative estimate of drug-likeness (QED) is 0.660. The van der Waals surface area contributed by atoms with Crippen molar-refractivity contribution < 1.29 is 19.4 Å². The summed E-state index contributed by atoms with van der Waals surface area (Å²) in [6.07, 6.45) is 0. The lowest BCUT2D eigenvalue weighted by atomic mass is 10.2. The van der Waals surface area contributed by atoms with Crippen LogP contribution in [0.1, 0.15) is 15.9 Å². The van der Waals surface area contributed by atoms with E-state index in [2.05, 4.69) is 4.74 Å². The van der Waals surface area contributed by atoms with Crippen LogP contribution in [0.5, 0.6) is 11.5 Å². The van der Waals surface area contributed by atoms with Crippen molar-refractivity contribution in [3.8, 4) is 11.5 Å². The number of hydrogen-bond acceptors (Lipinski definition) is 5. The number of benzene rings is 2. The molecule has 0 radical (unpaired) electrons. The van der Waals surface area contributed by atoms with Gasteiger partial charge in [-0.3, -0.25) is 0 Å².